The first-order chi connectivity index (χ1) is 16.1. The van der Waals surface area contributed by atoms with Crippen molar-refractivity contribution < 1.29 is 19.1 Å². The first-order valence-electron chi connectivity index (χ1n) is 12.0. The fraction of sp³-hybridized carbons (Fsp3) is 0.481. The Morgan fingerprint density at radius 2 is 1.73 bits per heavy atom. The summed E-state index contributed by atoms with van der Waals surface area (Å²) in [5.74, 6) is 0.823. The van der Waals surface area contributed by atoms with Crippen LogP contribution in [0.3, 0.4) is 0 Å². The molecule has 2 aromatic carbocycles. The SMILES string of the molecule is COc1ccc(NC(=O)[C@H]2c3ccccc3C(=O)N(C3CCCC3)C23CCCC3)c(OC)c1. The summed E-state index contributed by atoms with van der Waals surface area (Å²) >= 11 is 0. The Kier molecular flexibility index (Phi) is 5.77. The molecule has 0 bridgehead atoms. The first-order valence-corrected chi connectivity index (χ1v) is 12.0. The quantitative estimate of drug-likeness (QED) is 0.688. The number of fused-ring (bicyclic) bond motifs is 1. The number of nitrogens with one attached hydrogen (secondary N) is 1. The van der Waals surface area contributed by atoms with Gasteiger partial charge in [0.05, 0.1) is 31.4 Å². The van der Waals surface area contributed by atoms with Crippen LogP contribution in [0.15, 0.2) is 42.5 Å². The molecule has 3 aliphatic rings. The van der Waals surface area contributed by atoms with Gasteiger partial charge in [0.15, 0.2) is 0 Å². The van der Waals surface area contributed by atoms with E-state index in [-0.39, 0.29) is 17.9 Å². The summed E-state index contributed by atoms with van der Waals surface area (Å²) in [6.45, 7) is 0. The predicted octanol–water partition coefficient (Wildman–Crippen LogP) is 5.14. The number of hydrogen-bond donors (Lipinski definition) is 1. The number of ether oxygens (including phenoxy) is 2. The molecular weight excluding hydrogens is 416 g/mol. The highest BCUT2D eigenvalue weighted by Crippen LogP contribution is 2.53. The smallest absolute Gasteiger partial charge is 0.254 e. The highest BCUT2D eigenvalue weighted by molar-refractivity contribution is 6.05. The van der Waals surface area contributed by atoms with E-state index in [0.717, 1.165) is 56.9 Å². The van der Waals surface area contributed by atoms with E-state index >= 15 is 0 Å². The molecule has 1 heterocycles. The Bertz CT molecular complexity index is 1050. The van der Waals surface area contributed by atoms with Gasteiger partial charge in [0, 0.05) is 17.7 Å². The van der Waals surface area contributed by atoms with Crippen LogP contribution in [0, 0.1) is 0 Å². The van der Waals surface area contributed by atoms with Crippen LogP contribution < -0.4 is 14.8 Å². The largest absolute Gasteiger partial charge is 0.497 e. The highest BCUT2D eigenvalue weighted by Gasteiger charge is 2.57. The van der Waals surface area contributed by atoms with Crippen molar-refractivity contribution in [2.24, 2.45) is 0 Å². The van der Waals surface area contributed by atoms with Crippen molar-refractivity contribution in [3.05, 3.63) is 53.6 Å². The third-order valence-corrected chi connectivity index (χ3v) is 7.83. The van der Waals surface area contributed by atoms with Gasteiger partial charge in [-0.2, -0.15) is 0 Å². The fourth-order valence-corrected chi connectivity index (χ4v) is 6.40. The molecule has 2 aliphatic carbocycles. The van der Waals surface area contributed by atoms with Crippen LogP contribution in [0.25, 0.3) is 0 Å². The molecule has 1 atom stereocenters. The second-order valence-electron chi connectivity index (χ2n) is 9.50. The van der Waals surface area contributed by atoms with E-state index in [9.17, 15) is 9.59 Å². The number of amides is 2. The summed E-state index contributed by atoms with van der Waals surface area (Å²) < 4.78 is 10.8. The van der Waals surface area contributed by atoms with Crippen LogP contribution in [0.5, 0.6) is 11.5 Å². The van der Waals surface area contributed by atoms with E-state index in [1.54, 1.807) is 20.3 Å². The highest BCUT2D eigenvalue weighted by atomic mass is 16.5. The number of nitrogens with zero attached hydrogens (tertiary/aromatic N) is 1. The van der Waals surface area contributed by atoms with Gasteiger partial charge in [-0.15, -0.1) is 0 Å². The molecule has 0 aromatic heterocycles. The van der Waals surface area contributed by atoms with Crippen molar-refractivity contribution in [2.45, 2.75) is 68.9 Å². The molecule has 1 aliphatic heterocycles. The molecule has 0 unspecified atom stereocenters. The van der Waals surface area contributed by atoms with Crippen molar-refractivity contribution in [2.75, 3.05) is 19.5 Å². The monoisotopic (exact) mass is 448 g/mol. The molecular formula is C27H32N2O4. The standard InChI is InChI=1S/C27H32N2O4/c1-32-19-13-14-22(23(17-19)33-2)28-25(30)24-20-11-5-6-12-21(20)26(31)29(18-9-3-4-10-18)27(24)15-7-8-16-27/h5-6,11-14,17-18,24H,3-4,7-10,15-16H2,1-2H3,(H,28,30)/t24-/m1/s1. The molecule has 5 rings (SSSR count). The van der Waals surface area contributed by atoms with Gasteiger partial charge in [-0.3, -0.25) is 9.59 Å². The van der Waals surface area contributed by atoms with Gasteiger partial charge in [-0.25, -0.2) is 0 Å². The summed E-state index contributed by atoms with van der Waals surface area (Å²) in [5.41, 5.74) is 1.66. The van der Waals surface area contributed by atoms with Crippen LogP contribution in [-0.2, 0) is 4.79 Å². The average molecular weight is 449 g/mol. The Hall–Kier alpha value is -3.02. The van der Waals surface area contributed by atoms with Crippen LogP contribution in [0.2, 0.25) is 0 Å². The second kappa shape index (κ2) is 8.73. The minimum absolute atomic E-state index is 0.0803. The first kappa shape index (κ1) is 21.8. The van der Waals surface area contributed by atoms with Crippen LogP contribution in [0.1, 0.15) is 73.2 Å². The van der Waals surface area contributed by atoms with E-state index in [0.29, 0.717) is 22.7 Å². The minimum Gasteiger partial charge on any atom is -0.497 e. The molecule has 0 saturated heterocycles. The number of carbonyl (C=O) groups excluding carboxylic acids is 2. The molecule has 1 N–H and O–H groups in total. The van der Waals surface area contributed by atoms with Gasteiger partial charge in [-0.1, -0.05) is 43.9 Å². The minimum atomic E-state index is -0.468. The third kappa shape index (κ3) is 3.56. The maximum absolute atomic E-state index is 14.0. The zero-order valence-corrected chi connectivity index (χ0v) is 19.4. The van der Waals surface area contributed by atoms with Crippen LogP contribution >= 0.6 is 0 Å². The van der Waals surface area contributed by atoms with Crippen molar-refractivity contribution in [3.63, 3.8) is 0 Å². The second-order valence-corrected chi connectivity index (χ2v) is 9.50. The Labute approximate surface area is 195 Å². The molecule has 0 radical (unpaired) electrons. The fourth-order valence-electron chi connectivity index (χ4n) is 6.40. The average Bonchev–Trinajstić information content (AvgIpc) is 3.53. The van der Waals surface area contributed by atoms with Gasteiger partial charge >= 0.3 is 0 Å². The molecule has 2 fully saturated rings. The summed E-state index contributed by atoms with van der Waals surface area (Å²) in [6, 6.07) is 13.3. The summed E-state index contributed by atoms with van der Waals surface area (Å²) in [4.78, 5) is 30.0. The third-order valence-electron chi connectivity index (χ3n) is 7.83. The van der Waals surface area contributed by atoms with Crippen LogP contribution in [-0.4, -0.2) is 42.5 Å². The number of hydrogen-bond acceptors (Lipinski definition) is 4. The van der Waals surface area contributed by atoms with Gasteiger partial charge in [0.2, 0.25) is 5.91 Å². The molecule has 6 nitrogen and oxygen atoms in total. The number of benzene rings is 2. The number of methoxy groups -OCH3 is 2. The Morgan fingerprint density at radius 1 is 1.00 bits per heavy atom. The van der Waals surface area contributed by atoms with Crippen molar-refractivity contribution in [3.8, 4) is 11.5 Å². The summed E-state index contributed by atoms with van der Waals surface area (Å²) in [6.07, 6.45) is 8.14. The lowest BCUT2D eigenvalue weighted by Gasteiger charge is -2.52. The molecule has 174 valence electrons. The lowest BCUT2D eigenvalue weighted by molar-refractivity contribution is -0.121. The van der Waals surface area contributed by atoms with Gasteiger partial charge < -0.3 is 19.7 Å². The number of rotatable bonds is 5. The van der Waals surface area contributed by atoms with Gasteiger partial charge in [0.25, 0.3) is 5.91 Å². The van der Waals surface area contributed by atoms with Crippen molar-refractivity contribution in [1.29, 1.82) is 0 Å². The van der Waals surface area contributed by atoms with Gasteiger partial charge in [-0.05, 0) is 49.4 Å². The number of anilines is 1. The molecule has 2 aromatic rings. The maximum Gasteiger partial charge on any atom is 0.254 e. The van der Waals surface area contributed by atoms with E-state index in [1.165, 1.54) is 0 Å². The van der Waals surface area contributed by atoms with Crippen molar-refractivity contribution >= 4 is 17.5 Å². The Balaban J connectivity index is 1.59. The normalized spacial score (nSPS) is 21.8. The summed E-state index contributed by atoms with van der Waals surface area (Å²) in [7, 11) is 3.18. The zero-order valence-electron chi connectivity index (χ0n) is 19.4. The lowest BCUT2D eigenvalue weighted by atomic mass is 9.70. The maximum atomic E-state index is 14.0. The molecule has 2 saturated carbocycles. The topological polar surface area (TPSA) is 67.9 Å². The van der Waals surface area contributed by atoms with E-state index in [2.05, 4.69) is 10.2 Å². The van der Waals surface area contributed by atoms with E-state index in [4.69, 9.17) is 9.47 Å². The molecule has 2 amide bonds. The zero-order chi connectivity index (χ0) is 23.0. The van der Waals surface area contributed by atoms with E-state index in [1.807, 2.05) is 36.4 Å². The summed E-state index contributed by atoms with van der Waals surface area (Å²) in [5, 5.41) is 3.14. The predicted molar refractivity (Wildman–Crippen MR) is 127 cm³/mol. The number of carbonyl (C=O) groups is 2. The molecule has 33 heavy (non-hydrogen) atoms. The lowest BCUT2D eigenvalue weighted by Crippen LogP contribution is -2.62. The Morgan fingerprint density at radius 3 is 2.42 bits per heavy atom. The molecule has 1 spiro atoms. The van der Waals surface area contributed by atoms with Gasteiger partial charge in [0.1, 0.15) is 11.5 Å². The van der Waals surface area contributed by atoms with Crippen molar-refractivity contribution in [1.82, 2.24) is 4.90 Å². The molecule has 6 heteroatoms. The van der Waals surface area contributed by atoms with E-state index < -0.39 is 11.5 Å². The van der Waals surface area contributed by atoms with Crippen LogP contribution in [0.4, 0.5) is 5.69 Å².